The number of halogens is 1. The van der Waals surface area contributed by atoms with Gasteiger partial charge in [0.15, 0.2) is 0 Å². The van der Waals surface area contributed by atoms with E-state index in [1.165, 1.54) is 11.8 Å². The highest BCUT2D eigenvalue weighted by Crippen LogP contribution is 2.35. The van der Waals surface area contributed by atoms with Crippen molar-refractivity contribution in [3.8, 4) is 0 Å². The minimum atomic E-state index is -0.521. The van der Waals surface area contributed by atoms with Crippen molar-refractivity contribution in [2.24, 2.45) is 0 Å². The molecule has 3 rings (SSSR count). The van der Waals surface area contributed by atoms with Crippen molar-refractivity contribution in [2.45, 2.75) is 32.7 Å². The van der Waals surface area contributed by atoms with E-state index in [1.807, 2.05) is 0 Å². The second kappa shape index (κ2) is 8.65. The Morgan fingerprint density at radius 2 is 1.76 bits per heavy atom. The Balaban J connectivity index is 1.72. The van der Waals surface area contributed by atoms with Gasteiger partial charge in [-0.15, -0.1) is 0 Å². The molecule has 8 nitrogen and oxygen atoms in total. The molecule has 1 fully saturated rings. The van der Waals surface area contributed by atoms with E-state index in [0.717, 1.165) is 0 Å². The average molecular weight is 420 g/mol. The van der Waals surface area contributed by atoms with Crippen molar-refractivity contribution in [3.05, 3.63) is 34.9 Å². The molecular formula is C20H22ClN3O5. The van der Waals surface area contributed by atoms with Gasteiger partial charge >= 0.3 is 6.09 Å². The maximum Gasteiger partial charge on any atom is 0.409 e. The first-order chi connectivity index (χ1) is 13.8. The SMILES string of the molecule is CCOC(=O)N1CCC(N2C(=O)C(Cl)=C(c3ccc(NC(C)=O)cc3)C2=O)CC1. The van der Waals surface area contributed by atoms with Gasteiger partial charge in [0, 0.05) is 31.7 Å². The number of nitrogens with one attached hydrogen (secondary N) is 1. The number of rotatable bonds is 4. The lowest BCUT2D eigenvalue weighted by Crippen LogP contribution is -2.49. The molecule has 1 aromatic rings. The molecule has 1 saturated heterocycles. The van der Waals surface area contributed by atoms with Crippen LogP contribution in [0.15, 0.2) is 29.3 Å². The van der Waals surface area contributed by atoms with Gasteiger partial charge in [0.25, 0.3) is 11.8 Å². The molecular weight excluding hydrogens is 398 g/mol. The van der Waals surface area contributed by atoms with Gasteiger partial charge in [-0.05, 0) is 37.5 Å². The normalized spacial score (nSPS) is 17.8. The fraction of sp³-hybridized carbons (Fsp3) is 0.400. The third-order valence-electron chi connectivity index (χ3n) is 4.91. The zero-order valence-electron chi connectivity index (χ0n) is 16.2. The monoisotopic (exact) mass is 419 g/mol. The number of carbonyl (C=O) groups excluding carboxylic acids is 4. The van der Waals surface area contributed by atoms with E-state index in [4.69, 9.17) is 16.3 Å². The summed E-state index contributed by atoms with van der Waals surface area (Å²) in [6.45, 7) is 4.24. The van der Waals surface area contributed by atoms with Crippen LogP contribution in [0.2, 0.25) is 0 Å². The molecule has 4 amide bonds. The first-order valence-electron chi connectivity index (χ1n) is 9.40. The number of piperidine rings is 1. The number of hydrogen-bond donors (Lipinski definition) is 1. The summed E-state index contributed by atoms with van der Waals surface area (Å²) in [6.07, 6.45) is 0.547. The molecule has 0 radical (unpaired) electrons. The number of amides is 4. The molecule has 9 heteroatoms. The zero-order valence-corrected chi connectivity index (χ0v) is 17.0. The number of nitrogens with zero attached hydrogens (tertiary/aromatic N) is 2. The van der Waals surface area contributed by atoms with Crippen LogP contribution < -0.4 is 5.32 Å². The molecule has 154 valence electrons. The van der Waals surface area contributed by atoms with E-state index in [0.29, 0.717) is 43.8 Å². The molecule has 2 aliphatic rings. The van der Waals surface area contributed by atoms with Crippen LogP contribution in [0.25, 0.3) is 5.57 Å². The van der Waals surface area contributed by atoms with Gasteiger partial charge < -0.3 is 15.0 Å². The van der Waals surface area contributed by atoms with Crippen molar-refractivity contribution >= 4 is 46.7 Å². The molecule has 1 aromatic carbocycles. The lowest BCUT2D eigenvalue weighted by molar-refractivity contribution is -0.140. The minimum absolute atomic E-state index is 0.116. The summed E-state index contributed by atoms with van der Waals surface area (Å²) in [7, 11) is 0. The summed E-state index contributed by atoms with van der Waals surface area (Å²) in [5.41, 5.74) is 1.24. The van der Waals surface area contributed by atoms with Gasteiger partial charge in [-0.2, -0.15) is 0 Å². The van der Waals surface area contributed by atoms with Crippen molar-refractivity contribution in [1.82, 2.24) is 9.80 Å². The Labute approximate surface area is 173 Å². The molecule has 0 aromatic heterocycles. The van der Waals surface area contributed by atoms with E-state index < -0.39 is 11.8 Å². The van der Waals surface area contributed by atoms with Crippen LogP contribution in [0.5, 0.6) is 0 Å². The molecule has 0 unspecified atom stereocenters. The molecule has 0 saturated carbocycles. The smallest absolute Gasteiger partial charge is 0.409 e. The van der Waals surface area contributed by atoms with E-state index >= 15 is 0 Å². The first kappa shape index (κ1) is 20.9. The Morgan fingerprint density at radius 3 is 2.31 bits per heavy atom. The topological polar surface area (TPSA) is 96.0 Å². The molecule has 0 spiro atoms. The summed E-state index contributed by atoms with van der Waals surface area (Å²) < 4.78 is 4.99. The Kier molecular flexibility index (Phi) is 6.22. The van der Waals surface area contributed by atoms with Crippen LogP contribution in [0.3, 0.4) is 0 Å². The van der Waals surface area contributed by atoms with Crippen LogP contribution in [0.4, 0.5) is 10.5 Å². The van der Waals surface area contributed by atoms with E-state index in [-0.39, 0.29) is 28.6 Å². The molecule has 2 heterocycles. The highest BCUT2D eigenvalue weighted by molar-refractivity contribution is 6.55. The van der Waals surface area contributed by atoms with Crippen LogP contribution in [-0.4, -0.2) is 59.4 Å². The van der Waals surface area contributed by atoms with E-state index in [1.54, 1.807) is 36.1 Å². The summed E-state index contributed by atoms with van der Waals surface area (Å²) in [5.74, 6) is -1.17. The molecule has 0 bridgehead atoms. The van der Waals surface area contributed by atoms with E-state index in [2.05, 4.69) is 5.32 Å². The Hall–Kier alpha value is -2.87. The number of hydrogen-bond acceptors (Lipinski definition) is 5. The third kappa shape index (κ3) is 4.27. The standard InChI is InChI=1S/C20H22ClN3O5/c1-3-29-20(28)23-10-8-15(9-11-23)24-18(26)16(17(21)19(24)27)13-4-6-14(7-5-13)22-12(2)25/h4-7,15H,3,8-11H2,1-2H3,(H,22,25). The second-order valence-electron chi connectivity index (χ2n) is 6.84. The number of ether oxygens (including phenoxy) is 1. The van der Waals surface area contributed by atoms with Crippen molar-refractivity contribution in [1.29, 1.82) is 0 Å². The number of anilines is 1. The predicted octanol–water partition coefficient (Wildman–Crippen LogP) is 2.58. The first-order valence-corrected chi connectivity index (χ1v) is 9.78. The van der Waals surface area contributed by atoms with Gasteiger partial charge in [0.2, 0.25) is 5.91 Å². The maximum absolute atomic E-state index is 13.0. The lowest BCUT2D eigenvalue weighted by atomic mass is 10.0. The van der Waals surface area contributed by atoms with E-state index in [9.17, 15) is 19.2 Å². The molecule has 0 atom stereocenters. The lowest BCUT2D eigenvalue weighted by Gasteiger charge is -2.35. The molecule has 29 heavy (non-hydrogen) atoms. The summed E-state index contributed by atoms with van der Waals surface area (Å²) >= 11 is 6.23. The largest absolute Gasteiger partial charge is 0.450 e. The van der Waals surface area contributed by atoms with Gasteiger partial charge in [0.05, 0.1) is 12.2 Å². The van der Waals surface area contributed by atoms with Crippen molar-refractivity contribution in [2.75, 3.05) is 25.0 Å². The fourth-order valence-electron chi connectivity index (χ4n) is 3.55. The third-order valence-corrected chi connectivity index (χ3v) is 5.26. The molecule has 1 N–H and O–H groups in total. The average Bonchev–Trinajstić information content (AvgIpc) is 2.91. The highest BCUT2D eigenvalue weighted by atomic mass is 35.5. The quantitative estimate of drug-likeness (QED) is 0.757. The van der Waals surface area contributed by atoms with Crippen molar-refractivity contribution in [3.63, 3.8) is 0 Å². The van der Waals surface area contributed by atoms with Crippen molar-refractivity contribution < 1.29 is 23.9 Å². The van der Waals surface area contributed by atoms with Crippen LogP contribution in [0, 0.1) is 0 Å². The zero-order chi connectivity index (χ0) is 21.1. The van der Waals surface area contributed by atoms with Gasteiger partial charge in [-0.3, -0.25) is 19.3 Å². The van der Waals surface area contributed by atoms with Crippen LogP contribution in [-0.2, 0) is 19.1 Å². The van der Waals surface area contributed by atoms with Gasteiger partial charge in [-0.1, -0.05) is 23.7 Å². The maximum atomic E-state index is 13.0. The fourth-order valence-corrected chi connectivity index (χ4v) is 3.83. The molecule has 0 aliphatic carbocycles. The predicted molar refractivity (Wildman–Crippen MR) is 107 cm³/mol. The Morgan fingerprint density at radius 1 is 1.14 bits per heavy atom. The second-order valence-corrected chi connectivity index (χ2v) is 7.22. The summed E-state index contributed by atoms with van der Waals surface area (Å²) in [4.78, 5) is 51.4. The van der Waals surface area contributed by atoms with Gasteiger partial charge in [-0.25, -0.2) is 4.79 Å². The minimum Gasteiger partial charge on any atom is -0.450 e. The van der Waals surface area contributed by atoms with Crippen LogP contribution in [0.1, 0.15) is 32.3 Å². The number of carbonyl (C=O) groups is 4. The summed E-state index contributed by atoms with van der Waals surface area (Å²) in [5, 5.41) is 2.53. The van der Waals surface area contributed by atoms with Gasteiger partial charge in [0.1, 0.15) is 5.03 Å². The number of imide groups is 1. The number of likely N-dealkylation sites (tertiary alicyclic amines) is 1. The summed E-state index contributed by atoms with van der Waals surface area (Å²) in [6, 6.07) is 6.24. The Bertz CT molecular complexity index is 873. The number of benzene rings is 1. The molecule has 2 aliphatic heterocycles. The highest BCUT2D eigenvalue weighted by Gasteiger charge is 2.43. The van der Waals surface area contributed by atoms with Crippen LogP contribution >= 0.6 is 11.6 Å².